The Morgan fingerprint density at radius 1 is 1.38 bits per heavy atom. The number of tetrazole rings is 1. The van der Waals surface area contributed by atoms with Gasteiger partial charge in [-0.2, -0.15) is 18.9 Å². The molecule has 0 amide bonds. The van der Waals surface area contributed by atoms with Gasteiger partial charge >= 0.3 is 5.69 Å². The quantitative estimate of drug-likeness (QED) is 0.761. The van der Waals surface area contributed by atoms with Crippen LogP contribution in [-0.4, -0.2) is 30.0 Å². The maximum Gasteiger partial charge on any atom is 0.368 e. The van der Waals surface area contributed by atoms with Crippen molar-refractivity contribution in [2.75, 3.05) is 0 Å². The Kier molecular flexibility index (Phi) is 3.40. The first-order chi connectivity index (χ1) is 11.6. The monoisotopic (exact) mass is 330 g/mol. The van der Waals surface area contributed by atoms with Crippen molar-refractivity contribution in [2.45, 2.75) is 25.4 Å². The van der Waals surface area contributed by atoms with E-state index in [0.717, 1.165) is 34.8 Å². The molecular weight excluding hydrogens is 315 g/mol. The number of hydrogen-bond acceptors (Lipinski definition) is 5. The Bertz CT molecular complexity index is 940. The topological polar surface area (TPSA) is 90.6 Å². The second kappa shape index (κ2) is 5.59. The third-order valence-electron chi connectivity index (χ3n) is 4.08. The van der Waals surface area contributed by atoms with E-state index in [-0.39, 0.29) is 18.2 Å². The molecule has 0 unspecified atom stereocenters. The molecular formula is C15H15FN6O2. The standard InChI is InChI=1S/C15H15FN6O2/c1-21-15(23)22(20-19-21)13-4-2-3-10(9-5-6-9)11(13)8-24-14-12(16)7-17-18-14/h2-4,7,9H,5-6,8H2,1H3,(H,17,18). The van der Waals surface area contributed by atoms with E-state index in [2.05, 4.69) is 20.6 Å². The zero-order valence-electron chi connectivity index (χ0n) is 12.9. The van der Waals surface area contributed by atoms with Crippen molar-refractivity contribution in [2.24, 2.45) is 7.05 Å². The van der Waals surface area contributed by atoms with Gasteiger partial charge in [-0.05, 0) is 40.8 Å². The molecule has 1 saturated carbocycles. The first-order valence-electron chi connectivity index (χ1n) is 7.58. The van der Waals surface area contributed by atoms with Crippen molar-refractivity contribution in [1.29, 1.82) is 0 Å². The molecule has 0 bridgehead atoms. The van der Waals surface area contributed by atoms with E-state index in [0.29, 0.717) is 11.6 Å². The Balaban J connectivity index is 1.76. The molecule has 0 spiro atoms. The number of aryl methyl sites for hydroxylation is 1. The number of hydrogen-bond donors (Lipinski definition) is 1. The molecule has 8 nitrogen and oxygen atoms in total. The summed E-state index contributed by atoms with van der Waals surface area (Å²) >= 11 is 0. The third-order valence-corrected chi connectivity index (χ3v) is 4.08. The number of benzene rings is 1. The van der Waals surface area contributed by atoms with Crippen LogP contribution in [0, 0.1) is 5.82 Å². The summed E-state index contributed by atoms with van der Waals surface area (Å²) in [6.07, 6.45) is 3.23. The highest BCUT2D eigenvalue weighted by molar-refractivity contribution is 5.47. The van der Waals surface area contributed by atoms with Gasteiger partial charge in [-0.1, -0.05) is 12.1 Å². The van der Waals surface area contributed by atoms with Crippen molar-refractivity contribution < 1.29 is 9.13 Å². The Morgan fingerprint density at radius 2 is 2.21 bits per heavy atom. The van der Waals surface area contributed by atoms with Gasteiger partial charge in [0, 0.05) is 12.6 Å². The van der Waals surface area contributed by atoms with Gasteiger partial charge in [0.25, 0.3) is 0 Å². The normalized spacial score (nSPS) is 14.1. The molecule has 4 rings (SSSR count). The van der Waals surface area contributed by atoms with Crippen LogP contribution < -0.4 is 10.4 Å². The fraction of sp³-hybridized carbons (Fsp3) is 0.333. The predicted molar refractivity (Wildman–Crippen MR) is 81.5 cm³/mol. The minimum absolute atomic E-state index is 0.0296. The highest BCUT2D eigenvalue weighted by atomic mass is 19.1. The van der Waals surface area contributed by atoms with Crippen LogP contribution >= 0.6 is 0 Å². The van der Waals surface area contributed by atoms with Crippen molar-refractivity contribution in [1.82, 2.24) is 30.0 Å². The van der Waals surface area contributed by atoms with Crippen LogP contribution in [0.25, 0.3) is 5.69 Å². The molecule has 1 N–H and O–H groups in total. The summed E-state index contributed by atoms with van der Waals surface area (Å²) in [7, 11) is 1.53. The van der Waals surface area contributed by atoms with Crippen LogP contribution in [0.15, 0.2) is 29.2 Å². The number of nitrogens with zero attached hydrogens (tertiary/aromatic N) is 5. The first kappa shape index (κ1) is 14.6. The van der Waals surface area contributed by atoms with Gasteiger partial charge in [-0.3, -0.25) is 0 Å². The van der Waals surface area contributed by atoms with E-state index < -0.39 is 5.82 Å². The number of nitrogens with one attached hydrogen (secondary N) is 1. The average Bonchev–Trinajstić information content (AvgIpc) is 3.27. The number of H-pyrrole nitrogens is 1. The highest BCUT2D eigenvalue weighted by Crippen LogP contribution is 2.43. The van der Waals surface area contributed by atoms with Gasteiger partial charge in [0.05, 0.1) is 11.9 Å². The summed E-state index contributed by atoms with van der Waals surface area (Å²) in [6, 6.07) is 5.67. The number of aromatic nitrogens is 6. The molecule has 0 radical (unpaired) electrons. The number of halogens is 1. The lowest BCUT2D eigenvalue weighted by molar-refractivity contribution is 0.277. The molecule has 0 atom stereocenters. The van der Waals surface area contributed by atoms with Crippen molar-refractivity contribution >= 4 is 0 Å². The summed E-state index contributed by atoms with van der Waals surface area (Å²) in [5.74, 6) is -0.155. The van der Waals surface area contributed by atoms with E-state index in [1.165, 1.54) is 11.7 Å². The number of rotatable bonds is 5. The summed E-state index contributed by atoms with van der Waals surface area (Å²) < 4.78 is 21.4. The maximum atomic E-state index is 13.5. The molecule has 1 fully saturated rings. The van der Waals surface area contributed by atoms with Gasteiger partial charge in [0.2, 0.25) is 11.7 Å². The van der Waals surface area contributed by atoms with Gasteiger partial charge in [0.15, 0.2) is 0 Å². The fourth-order valence-corrected chi connectivity index (χ4v) is 2.69. The molecule has 0 aliphatic heterocycles. The zero-order chi connectivity index (χ0) is 16.7. The van der Waals surface area contributed by atoms with Gasteiger partial charge in [0.1, 0.15) is 6.61 Å². The van der Waals surface area contributed by atoms with Gasteiger partial charge < -0.3 is 4.74 Å². The molecule has 1 aromatic carbocycles. The minimum atomic E-state index is -0.558. The molecule has 1 aliphatic rings. The number of ether oxygens (including phenoxy) is 1. The van der Waals surface area contributed by atoms with E-state index in [9.17, 15) is 9.18 Å². The van der Waals surface area contributed by atoms with E-state index in [1.54, 1.807) is 6.07 Å². The van der Waals surface area contributed by atoms with Crippen LogP contribution in [-0.2, 0) is 13.7 Å². The minimum Gasteiger partial charge on any atom is -0.471 e. The molecule has 9 heteroatoms. The second-order valence-electron chi connectivity index (χ2n) is 5.75. The molecule has 124 valence electrons. The van der Waals surface area contributed by atoms with E-state index in [4.69, 9.17) is 4.74 Å². The summed E-state index contributed by atoms with van der Waals surface area (Å²) in [5.41, 5.74) is 2.14. The lowest BCUT2D eigenvalue weighted by Gasteiger charge is -2.14. The number of aromatic amines is 1. The Morgan fingerprint density at radius 3 is 2.83 bits per heavy atom. The molecule has 2 heterocycles. The van der Waals surface area contributed by atoms with E-state index in [1.807, 2.05) is 12.1 Å². The zero-order valence-corrected chi connectivity index (χ0v) is 12.9. The van der Waals surface area contributed by atoms with Crippen molar-refractivity contribution in [3.63, 3.8) is 0 Å². The molecule has 1 aliphatic carbocycles. The fourth-order valence-electron chi connectivity index (χ4n) is 2.69. The van der Waals surface area contributed by atoms with Gasteiger partial charge in [-0.15, -0.1) is 0 Å². The average molecular weight is 330 g/mol. The SMILES string of the molecule is Cn1nnn(-c2cccc(C3CC3)c2COc2[nH]ncc2F)c1=O. The largest absolute Gasteiger partial charge is 0.471 e. The smallest absolute Gasteiger partial charge is 0.368 e. The van der Waals surface area contributed by atoms with E-state index >= 15 is 0 Å². The second-order valence-corrected chi connectivity index (χ2v) is 5.75. The Hall–Kier alpha value is -2.97. The maximum absolute atomic E-state index is 13.5. The molecule has 2 aromatic heterocycles. The molecule has 24 heavy (non-hydrogen) atoms. The van der Waals surface area contributed by atoms with Crippen LogP contribution in [0.1, 0.15) is 29.9 Å². The van der Waals surface area contributed by atoms with Crippen LogP contribution in [0.5, 0.6) is 5.88 Å². The predicted octanol–water partition coefficient (Wildman–Crippen LogP) is 1.28. The van der Waals surface area contributed by atoms with Crippen LogP contribution in [0.3, 0.4) is 0 Å². The molecule has 3 aromatic rings. The third kappa shape index (κ3) is 2.47. The lowest BCUT2D eigenvalue weighted by atomic mass is 10.0. The summed E-state index contributed by atoms with van der Waals surface area (Å²) in [5, 5.41) is 13.7. The Labute approximate surface area is 135 Å². The molecule has 0 saturated heterocycles. The lowest BCUT2D eigenvalue weighted by Crippen LogP contribution is -2.23. The van der Waals surface area contributed by atoms with Crippen molar-refractivity contribution in [3.8, 4) is 11.6 Å². The summed E-state index contributed by atoms with van der Waals surface area (Å²) in [6.45, 7) is 0.101. The van der Waals surface area contributed by atoms with Crippen LogP contribution in [0.4, 0.5) is 4.39 Å². The van der Waals surface area contributed by atoms with Crippen molar-refractivity contribution in [3.05, 3.63) is 51.8 Å². The summed E-state index contributed by atoms with van der Waals surface area (Å²) in [4.78, 5) is 12.2. The highest BCUT2D eigenvalue weighted by Gasteiger charge is 2.28. The van der Waals surface area contributed by atoms with Crippen LogP contribution in [0.2, 0.25) is 0 Å². The first-order valence-corrected chi connectivity index (χ1v) is 7.58. The van der Waals surface area contributed by atoms with Gasteiger partial charge in [-0.25, -0.2) is 9.89 Å².